The van der Waals surface area contributed by atoms with Crippen molar-refractivity contribution in [1.82, 2.24) is 4.90 Å². The van der Waals surface area contributed by atoms with E-state index in [1.165, 1.54) is 0 Å². The van der Waals surface area contributed by atoms with Crippen molar-refractivity contribution in [3.05, 3.63) is 0 Å². The van der Waals surface area contributed by atoms with Gasteiger partial charge in [-0.1, -0.05) is 0 Å². The average molecular weight is 226 g/mol. The minimum absolute atomic E-state index is 0.121. The topological polar surface area (TPSA) is 38.5 Å². The second-order valence-corrected chi connectivity index (χ2v) is 3.72. The van der Waals surface area contributed by atoms with Gasteiger partial charge in [-0.3, -0.25) is 4.90 Å². The molecule has 15 heavy (non-hydrogen) atoms. The highest BCUT2D eigenvalue weighted by Crippen LogP contribution is 2.26. The Balaban J connectivity index is 2.06. The average Bonchev–Trinajstić information content (AvgIpc) is 2.91. The predicted molar refractivity (Wildman–Crippen MR) is 50.5 cm³/mol. The number of ether oxygens (including phenoxy) is 1. The van der Waals surface area contributed by atoms with Crippen molar-refractivity contribution in [3.8, 4) is 0 Å². The summed E-state index contributed by atoms with van der Waals surface area (Å²) in [6.45, 7) is 0.776. The molecule has 0 unspecified atom stereocenters. The number of nitrogens with two attached hydrogens (primary N) is 1. The van der Waals surface area contributed by atoms with Crippen LogP contribution in [0.4, 0.5) is 13.2 Å². The quantitative estimate of drug-likeness (QED) is 0.658. The van der Waals surface area contributed by atoms with E-state index in [-0.39, 0.29) is 6.61 Å². The van der Waals surface area contributed by atoms with Gasteiger partial charge in [-0.25, -0.2) is 0 Å². The van der Waals surface area contributed by atoms with Crippen molar-refractivity contribution in [2.24, 2.45) is 5.73 Å². The van der Waals surface area contributed by atoms with E-state index in [1.54, 1.807) is 0 Å². The molecule has 0 aromatic rings. The standard InChI is InChI=1S/C9H17F3N2O/c10-9(11,12)7-15-6-5-14(4-3-13)8-1-2-8/h8H,1-7,13H2. The summed E-state index contributed by atoms with van der Waals surface area (Å²) in [6.07, 6.45) is -1.98. The second kappa shape index (κ2) is 5.67. The van der Waals surface area contributed by atoms with Crippen LogP contribution in [-0.2, 0) is 4.74 Å². The van der Waals surface area contributed by atoms with E-state index >= 15 is 0 Å². The number of nitrogens with zero attached hydrogens (tertiary/aromatic N) is 1. The summed E-state index contributed by atoms with van der Waals surface area (Å²) in [7, 11) is 0. The highest BCUT2D eigenvalue weighted by Gasteiger charge is 2.29. The van der Waals surface area contributed by atoms with E-state index in [0.717, 1.165) is 19.4 Å². The molecule has 1 aliphatic rings. The van der Waals surface area contributed by atoms with Gasteiger partial charge in [0, 0.05) is 25.7 Å². The summed E-state index contributed by atoms with van der Waals surface area (Å²) in [5, 5.41) is 0. The summed E-state index contributed by atoms with van der Waals surface area (Å²) < 4.78 is 39.8. The monoisotopic (exact) mass is 226 g/mol. The van der Waals surface area contributed by atoms with Gasteiger partial charge < -0.3 is 10.5 Å². The van der Waals surface area contributed by atoms with Gasteiger partial charge in [-0.2, -0.15) is 13.2 Å². The third-order valence-electron chi connectivity index (χ3n) is 2.27. The molecule has 0 aromatic carbocycles. The lowest BCUT2D eigenvalue weighted by molar-refractivity contribution is -0.174. The zero-order valence-electron chi connectivity index (χ0n) is 8.59. The van der Waals surface area contributed by atoms with Crippen LogP contribution in [0, 0.1) is 0 Å². The Hall–Kier alpha value is -0.330. The minimum atomic E-state index is -4.22. The van der Waals surface area contributed by atoms with Gasteiger partial charge in [-0.15, -0.1) is 0 Å². The Morgan fingerprint density at radius 1 is 1.27 bits per heavy atom. The molecule has 1 fully saturated rings. The van der Waals surface area contributed by atoms with Gasteiger partial charge in [0.15, 0.2) is 0 Å². The fourth-order valence-corrected chi connectivity index (χ4v) is 1.45. The lowest BCUT2D eigenvalue weighted by atomic mass is 10.4. The van der Waals surface area contributed by atoms with Crippen LogP contribution in [0.15, 0.2) is 0 Å². The van der Waals surface area contributed by atoms with Crippen molar-refractivity contribution in [3.63, 3.8) is 0 Å². The number of alkyl halides is 3. The smallest absolute Gasteiger partial charge is 0.371 e. The van der Waals surface area contributed by atoms with Crippen LogP contribution in [0.2, 0.25) is 0 Å². The number of halogens is 3. The molecular weight excluding hydrogens is 209 g/mol. The molecular formula is C9H17F3N2O. The van der Waals surface area contributed by atoms with Gasteiger partial charge in [0.05, 0.1) is 6.61 Å². The lowest BCUT2D eigenvalue weighted by Gasteiger charge is -2.20. The lowest BCUT2D eigenvalue weighted by Crippen LogP contribution is -2.35. The largest absolute Gasteiger partial charge is 0.411 e. The second-order valence-electron chi connectivity index (χ2n) is 3.72. The third kappa shape index (κ3) is 5.96. The molecule has 0 bridgehead atoms. The molecule has 0 saturated heterocycles. The maximum atomic E-state index is 11.7. The highest BCUT2D eigenvalue weighted by atomic mass is 19.4. The van der Waals surface area contributed by atoms with E-state index < -0.39 is 12.8 Å². The number of hydrogen-bond donors (Lipinski definition) is 1. The third-order valence-corrected chi connectivity index (χ3v) is 2.27. The van der Waals surface area contributed by atoms with Crippen molar-refractivity contribution in [2.45, 2.75) is 25.1 Å². The number of rotatable bonds is 7. The zero-order chi connectivity index (χ0) is 11.3. The predicted octanol–water partition coefficient (Wildman–Crippen LogP) is 0.988. The van der Waals surface area contributed by atoms with Gasteiger partial charge in [0.1, 0.15) is 6.61 Å². The fraction of sp³-hybridized carbons (Fsp3) is 1.00. The van der Waals surface area contributed by atoms with Gasteiger partial charge in [-0.05, 0) is 12.8 Å². The Bertz CT molecular complexity index is 183. The summed E-state index contributed by atoms with van der Waals surface area (Å²) in [4.78, 5) is 2.09. The van der Waals surface area contributed by atoms with E-state index in [1.807, 2.05) is 0 Å². The molecule has 3 nitrogen and oxygen atoms in total. The van der Waals surface area contributed by atoms with E-state index in [2.05, 4.69) is 9.64 Å². The molecule has 0 aliphatic heterocycles. The number of hydrogen-bond acceptors (Lipinski definition) is 3. The normalized spacial score (nSPS) is 17.4. The van der Waals surface area contributed by atoms with Crippen LogP contribution < -0.4 is 5.73 Å². The summed E-state index contributed by atoms with van der Waals surface area (Å²) in [5.41, 5.74) is 5.41. The molecule has 6 heteroatoms. The highest BCUT2D eigenvalue weighted by molar-refractivity contribution is 4.84. The molecule has 0 radical (unpaired) electrons. The maximum absolute atomic E-state index is 11.7. The van der Waals surface area contributed by atoms with Gasteiger partial charge in [0.25, 0.3) is 0 Å². The van der Waals surface area contributed by atoms with Crippen LogP contribution in [0.5, 0.6) is 0 Å². The fourth-order valence-electron chi connectivity index (χ4n) is 1.45. The molecule has 1 rings (SSSR count). The van der Waals surface area contributed by atoms with E-state index in [4.69, 9.17) is 5.73 Å². The van der Waals surface area contributed by atoms with Crippen molar-refractivity contribution in [2.75, 3.05) is 32.8 Å². The first-order valence-corrected chi connectivity index (χ1v) is 5.11. The SMILES string of the molecule is NCCN(CCOCC(F)(F)F)C1CC1. The maximum Gasteiger partial charge on any atom is 0.411 e. The Labute approximate surface area is 87.4 Å². The first-order valence-electron chi connectivity index (χ1n) is 5.11. The van der Waals surface area contributed by atoms with Gasteiger partial charge >= 0.3 is 6.18 Å². The molecule has 1 aliphatic carbocycles. The molecule has 90 valence electrons. The molecule has 0 heterocycles. The van der Waals surface area contributed by atoms with Crippen LogP contribution in [0.1, 0.15) is 12.8 Å². The van der Waals surface area contributed by atoms with Crippen molar-refractivity contribution >= 4 is 0 Å². The van der Waals surface area contributed by atoms with E-state index in [0.29, 0.717) is 19.1 Å². The first kappa shape index (κ1) is 12.7. The Kier molecular flexibility index (Phi) is 4.82. The Morgan fingerprint density at radius 2 is 1.93 bits per heavy atom. The molecule has 0 atom stereocenters. The molecule has 0 aromatic heterocycles. The van der Waals surface area contributed by atoms with Crippen LogP contribution in [-0.4, -0.2) is 50.0 Å². The molecule has 2 N–H and O–H groups in total. The minimum Gasteiger partial charge on any atom is -0.371 e. The molecule has 0 spiro atoms. The summed E-state index contributed by atoms with van der Waals surface area (Å²) in [5.74, 6) is 0. The van der Waals surface area contributed by atoms with Crippen LogP contribution in [0.3, 0.4) is 0 Å². The van der Waals surface area contributed by atoms with Crippen molar-refractivity contribution < 1.29 is 17.9 Å². The molecule has 0 amide bonds. The first-order chi connectivity index (χ1) is 7.03. The molecule has 1 saturated carbocycles. The zero-order valence-corrected chi connectivity index (χ0v) is 8.59. The van der Waals surface area contributed by atoms with E-state index in [9.17, 15) is 13.2 Å². The van der Waals surface area contributed by atoms with Crippen molar-refractivity contribution in [1.29, 1.82) is 0 Å². The summed E-state index contributed by atoms with van der Waals surface area (Å²) in [6, 6.07) is 0.517. The van der Waals surface area contributed by atoms with Crippen LogP contribution >= 0.6 is 0 Å². The summed E-state index contributed by atoms with van der Waals surface area (Å²) >= 11 is 0. The van der Waals surface area contributed by atoms with Gasteiger partial charge in [0.2, 0.25) is 0 Å². The Morgan fingerprint density at radius 3 is 2.40 bits per heavy atom. The van der Waals surface area contributed by atoms with Crippen LogP contribution in [0.25, 0.3) is 0 Å².